The molecule has 0 radical (unpaired) electrons. The second kappa shape index (κ2) is 8.35. The summed E-state index contributed by atoms with van der Waals surface area (Å²) in [6.07, 6.45) is 0.774. The average Bonchev–Trinajstić information content (AvgIpc) is 3.04. The number of aryl methyl sites for hydroxylation is 3. The van der Waals surface area contributed by atoms with E-state index < -0.39 is 0 Å². The first kappa shape index (κ1) is 19.1. The summed E-state index contributed by atoms with van der Waals surface area (Å²) in [5, 5.41) is 4.00. The number of benzene rings is 2. The SMILES string of the molecule is COc1ccc(-c2nc(C)c(CCNC(=O)c3ccc(C)c(C)c3)s2)cc1. The first-order valence-corrected chi connectivity index (χ1v) is 9.75. The van der Waals surface area contributed by atoms with Crippen molar-refractivity contribution < 1.29 is 9.53 Å². The number of amides is 1. The van der Waals surface area contributed by atoms with Crippen LogP contribution in [-0.4, -0.2) is 24.5 Å². The number of carbonyl (C=O) groups is 1. The van der Waals surface area contributed by atoms with Crippen LogP contribution in [0.1, 0.15) is 32.1 Å². The van der Waals surface area contributed by atoms with Crippen LogP contribution >= 0.6 is 11.3 Å². The Bertz CT molecular complexity index is 945. The normalized spacial score (nSPS) is 10.7. The molecule has 2 aromatic carbocycles. The first-order valence-electron chi connectivity index (χ1n) is 8.94. The highest BCUT2D eigenvalue weighted by Crippen LogP contribution is 2.29. The Morgan fingerprint density at radius 2 is 1.81 bits per heavy atom. The van der Waals surface area contributed by atoms with Crippen LogP contribution in [0.5, 0.6) is 5.75 Å². The van der Waals surface area contributed by atoms with Crippen molar-refractivity contribution >= 4 is 17.2 Å². The molecular weight excluding hydrogens is 356 g/mol. The van der Waals surface area contributed by atoms with Crippen molar-refractivity contribution in [2.75, 3.05) is 13.7 Å². The van der Waals surface area contributed by atoms with Gasteiger partial charge in [0.1, 0.15) is 10.8 Å². The van der Waals surface area contributed by atoms with Gasteiger partial charge in [-0.05, 0) is 68.3 Å². The lowest BCUT2D eigenvalue weighted by Gasteiger charge is -2.07. The van der Waals surface area contributed by atoms with Gasteiger partial charge in [0, 0.05) is 29.0 Å². The summed E-state index contributed by atoms with van der Waals surface area (Å²) in [4.78, 5) is 18.2. The molecule has 4 nitrogen and oxygen atoms in total. The van der Waals surface area contributed by atoms with E-state index in [1.807, 2.05) is 63.2 Å². The lowest BCUT2D eigenvalue weighted by Crippen LogP contribution is -2.25. The molecule has 0 bridgehead atoms. The number of thiazole rings is 1. The van der Waals surface area contributed by atoms with Gasteiger partial charge in [-0.15, -0.1) is 11.3 Å². The van der Waals surface area contributed by atoms with E-state index in [0.717, 1.165) is 34.0 Å². The summed E-state index contributed by atoms with van der Waals surface area (Å²) in [5.74, 6) is 0.803. The van der Waals surface area contributed by atoms with Crippen molar-refractivity contribution in [1.82, 2.24) is 10.3 Å². The van der Waals surface area contributed by atoms with E-state index in [9.17, 15) is 4.79 Å². The van der Waals surface area contributed by atoms with Gasteiger partial charge in [0.05, 0.1) is 12.8 Å². The molecule has 5 heteroatoms. The monoisotopic (exact) mass is 380 g/mol. The molecule has 0 saturated carbocycles. The number of ether oxygens (including phenoxy) is 1. The number of methoxy groups -OCH3 is 1. The number of nitrogens with zero attached hydrogens (tertiary/aromatic N) is 1. The maximum absolute atomic E-state index is 12.3. The van der Waals surface area contributed by atoms with Crippen molar-refractivity contribution in [1.29, 1.82) is 0 Å². The van der Waals surface area contributed by atoms with Crippen LogP contribution in [0.25, 0.3) is 10.6 Å². The molecule has 0 unspecified atom stereocenters. The standard InChI is InChI=1S/C22H24N2O2S/c1-14-5-6-18(13-15(14)2)21(25)23-12-11-20-16(3)24-22(27-20)17-7-9-19(26-4)10-8-17/h5-10,13H,11-12H2,1-4H3,(H,23,25). The van der Waals surface area contributed by atoms with Crippen LogP contribution in [0.15, 0.2) is 42.5 Å². The molecule has 1 N–H and O–H groups in total. The summed E-state index contributed by atoms with van der Waals surface area (Å²) < 4.78 is 5.20. The van der Waals surface area contributed by atoms with Crippen LogP contribution in [-0.2, 0) is 6.42 Å². The fourth-order valence-corrected chi connectivity index (χ4v) is 3.86. The highest BCUT2D eigenvalue weighted by molar-refractivity contribution is 7.15. The van der Waals surface area contributed by atoms with Gasteiger partial charge in [-0.2, -0.15) is 0 Å². The lowest BCUT2D eigenvalue weighted by molar-refractivity contribution is 0.0954. The molecule has 0 spiro atoms. The van der Waals surface area contributed by atoms with Gasteiger partial charge < -0.3 is 10.1 Å². The smallest absolute Gasteiger partial charge is 0.251 e. The molecular formula is C22H24N2O2S. The van der Waals surface area contributed by atoms with Gasteiger partial charge in [-0.1, -0.05) is 6.07 Å². The summed E-state index contributed by atoms with van der Waals surface area (Å²) >= 11 is 1.67. The molecule has 0 aliphatic rings. The molecule has 3 rings (SSSR count). The molecule has 0 aliphatic heterocycles. The minimum atomic E-state index is -0.0318. The predicted octanol–water partition coefficient (Wildman–Crippen LogP) is 4.72. The molecule has 1 heterocycles. The number of rotatable bonds is 6. The van der Waals surface area contributed by atoms with Crippen LogP contribution < -0.4 is 10.1 Å². The van der Waals surface area contributed by atoms with E-state index in [2.05, 4.69) is 10.3 Å². The largest absolute Gasteiger partial charge is 0.497 e. The van der Waals surface area contributed by atoms with Gasteiger partial charge in [0.25, 0.3) is 5.91 Å². The number of hydrogen-bond acceptors (Lipinski definition) is 4. The maximum atomic E-state index is 12.3. The Balaban J connectivity index is 1.61. The maximum Gasteiger partial charge on any atom is 0.251 e. The zero-order valence-electron chi connectivity index (χ0n) is 16.1. The minimum Gasteiger partial charge on any atom is -0.497 e. The Labute approximate surface area is 164 Å². The quantitative estimate of drug-likeness (QED) is 0.673. The average molecular weight is 381 g/mol. The minimum absolute atomic E-state index is 0.0318. The summed E-state index contributed by atoms with van der Waals surface area (Å²) in [5.41, 5.74) is 5.13. The van der Waals surface area contributed by atoms with Gasteiger partial charge in [0.2, 0.25) is 0 Å². The topological polar surface area (TPSA) is 51.2 Å². The molecule has 27 heavy (non-hydrogen) atoms. The van der Waals surface area contributed by atoms with E-state index in [-0.39, 0.29) is 5.91 Å². The van der Waals surface area contributed by atoms with Crippen LogP contribution in [0.2, 0.25) is 0 Å². The van der Waals surface area contributed by atoms with Crippen molar-refractivity contribution in [3.63, 3.8) is 0 Å². The number of hydrogen-bond donors (Lipinski definition) is 1. The van der Waals surface area contributed by atoms with E-state index in [1.54, 1.807) is 18.4 Å². The predicted molar refractivity (Wildman–Crippen MR) is 111 cm³/mol. The van der Waals surface area contributed by atoms with Crippen molar-refractivity contribution in [3.05, 3.63) is 69.7 Å². The van der Waals surface area contributed by atoms with Gasteiger partial charge in [0.15, 0.2) is 0 Å². The van der Waals surface area contributed by atoms with Crippen molar-refractivity contribution in [3.8, 4) is 16.3 Å². The number of aromatic nitrogens is 1. The molecule has 140 valence electrons. The molecule has 1 amide bonds. The zero-order valence-corrected chi connectivity index (χ0v) is 16.9. The van der Waals surface area contributed by atoms with Crippen molar-refractivity contribution in [2.24, 2.45) is 0 Å². The summed E-state index contributed by atoms with van der Waals surface area (Å²) in [6.45, 7) is 6.68. The third-order valence-corrected chi connectivity index (χ3v) is 5.90. The fraction of sp³-hybridized carbons (Fsp3) is 0.273. The summed E-state index contributed by atoms with van der Waals surface area (Å²) in [7, 11) is 1.66. The first-order chi connectivity index (χ1) is 13.0. The van der Waals surface area contributed by atoms with Gasteiger partial charge in [-0.3, -0.25) is 4.79 Å². The second-order valence-corrected chi connectivity index (χ2v) is 7.64. The van der Waals surface area contributed by atoms with Crippen molar-refractivity contribution in [2.45, 2.75) is 27.2 Å². The third kappa shape index (κ3) is 4.55. The molecule has 0 fully saturated rings. The Morgan fingerprint density at radius 3 is 2.48 bits per heavy atom. The number of nitrogens with one attached hydrogen (secondary N) is 1. The fourth-order valence-electron chi connectivity index (χ4n) is 2.79. The van der Waals surface area contributed by atoms with E-state index in [4.69, 9.17) is 4.74 Å². The number of carbonyl (C=O) groups excluding carboxylic acids is 1. The molecule has 0 atom stereocenters. The van der Waals surface area contributed by atoms with Crippen LogP contribution in [0.4, 0.5) is 0 Å². The molecule has 3 aromatic rings. The third-order valence-electron chi connectivity index (χ3n) is 4.64. The highest BCUT2D eigenvalue weighted by Gasteiger charge is 2.11. The summed E-state index contributed by atoms with van der Waals surface area (Å²) in [6, 6.07) is 13.7. The zero-order chi connectivity index (χ0) is 19.4. The van der Waals surface area contributed by atoms with E-state index in [1.165, 1.54) is 10.4 Å². The Hall–Kier alpha value is -2.66. The Kier molecular flexibility index (Phi) is 5.91. The highest BCUT2D eigenvalue weighted by atomic mass is 32.1. The van der Waals surface area contributed by atoms with Crippen LogP contribution in [0.3, 0.4) is 0 Å². The van der Waals surface area contributed by atoms with E-state index in [0.29, 0.717) is 12.1 Å². The molecule has 0 aliphatic carbocycles. The van der Waals surface area contributed by atoms with Gasteiger partial charge >= 0.3 is 0 Å². The van der Waals surface area contributed by atoms with E-state index >= 15 is 0 Å². The van der Waals surface area contributed by atoms with Crippen LogP contribution in [0, 0.1) is 20.8 Å². The molecule has 1 aromatic heterocycles. The second-order valence-electron chi connectivity index (χ2n) is 6.56. The lowest BCUT2D eigenvalue weighted by atomic mass is 10.1. The Morgan fingerprint density at radius 1 is 1.07 bits per heavy atom. The van der Waals surface area contributed by atoms with Gasteiger partial charge in [-0.25, -0.2) is 4.98 Å². The molecule has 0 saturated heterocycles.